The van der Waals surface area contributed by atoms with Crippen molar-refractivity contribution in [2.45, 2.75) is 38.3 Å². The number of anilines is 6. The van der Waals surface area contributed by atoms with Gasteiger partial charge in [-0.25, -0.2) is 38.0 Å². The van der Waals surface area contributed by atoms with Crippen LogP contribution in [0.1, 0.15) is 26.3 Å². The first kappa shape index (κ1) is 39.8. The molecule has 15 nitrogen and oxygen atoms in total. The van der Waals surface area contributed by atoms with E-state index in [9.17, 15) is 26.4 Å². The number of aliphatic carboxylic acids is 1. The summed E-state index contributed by atoms with van der Waals surface area (Å²) in [4.78, 5) is 39.6. The molecule has 3 aromatic carbocycles. The number of rotatable bonds is 9. The number of fused-ring (bicyclic) bond motifs is 1. The Balaban J connectivity index is 0.000000815. The molecule has 0 unspecified atom stereocenters. The number of sulfonamides is 1. The number of aromatic nitrogens is 4. The molecule has 2 heterocycles. The summed E-state index contributed by atoms with van der Waals surface area (Å²) in [7, 11) is 1.69. The average molecular weight is 759 g/mol. The molecule has 0 fully saturated rings. The fourth-order valence-corrected chi connectivity index (χ4v) is 5.36. The smallest absolute Gasteiger partial charge is 0.490 e. The van der Waals surface area contributed by atoms with Crippen LogP contribution in [-0.4, -0.2) is 71.0 Å². The topological polar surface area (TPSA) is 195 Å². The van der Waals surface area contributed by atoms with Crippen molar-refractivity contribution in [3.63, 3.8) is 0 Å². The van der Waals surface area contributed by atoms with E-state index < -0.39 is 33.9 Å². The van der Waals surface area contributed by atoms with E-state index in [-0.39, 0.29) is 5.75 Å². The molecule has 282 valence electrons. The average Bonchev–Trinajstić information content (AvgIpc) is 3.39. The van der Waals surface area contributed by atoms with Gasteiger partial charge in [0, 0.05) is 31.7 Å². The largest absolute Gasteiger partial charge is 0.497 e. The lowest BCUT2D eigenvalue weighted by molar-refractivity contribution is -0.192. The number of aryl methyl sites for hydroxylation is 1. The van der Waals surface area contributed by atoms with Gasteiger partial charge in [-0.2, -0.15) is 18.2 Å². The van der Waals surface area contributed by atoms with Gasteiger partial charge in [0.1, 0.15) is 17.2 Å². The number of primary sulfonamides is 1. The van der Waals surface area contributed by atoms with Crippen LogP contribution in [0.3, 0.4) is 0 Å². The monoisotopic (exact) mass is 758 g/mol. The summed E-state index contributed by atoms with van der Waals surface area (Å²) in [5, 5.41) is 15.4. The van der Waals surface area contributed by atoms with Crippen LogP contribution in [0.5, 0.6) is 5.75 Å². The first-order valence-corrected chi connectivity index (χ1v) is 17.2. The van der Waals surface area contributed by atoms with Gasteiger partial charge in [-0.05, 0) is 87.0 Å². The van der Waals surface area contributed by atoms with Crippen LogP contribution in [0, 0.1) is 0 Å². The third-order valence-corrected chi connectivity index (χ3v) is 7.88. The highest BCUT2D eigenvalue weighted by molar-refractivity contribution is 7.88. The van der Waals surface area contributed by atoms with E-state index in [1.165, 1.54) is 4.90 Å². The minimum absolute atomic E-state index is 0.243. The van der Waals surface area contributed by atoms with Gasteiger partial charge in [0.05, 0.1) is 29.6 Å². The summed E-state index contributed by atoms with van der Waals surface area (Å²) in [6.45, 7) is 5.45. The molecule has 5 rings (SSSR count). The summed E-state index contributed by atoms with van der Waals surface area (Å²) in [6.07, 6.45) is -4.00. The Kier molecular flexibility index (Phi) is 11.8. The third-order valence-electron chi connectivity index (χ3n) is 7.14. The van der Waals surface area contributed by atoms with Crippen LogP contribution in [0.15, 0.2) is 79.0 Å². The van der Waals surface area contributed by atoms with E-state index in [2.05, 4.69) is 15.3 Å². The summed E-state index contributed by atoms with van der Waals surface area (Å²) in [6, 6.07) is 21.5. The number of carbonyl (C=O) groups excluding carboxylic acids is 1. The van der Waals surface area contributed by atoms with Gasteiger partial charge in [-0.3, -0.25) is 0 Å². The normalized spacial score (nSPS) is 11.7. The molecule has 1 amide bonds. The van der Waals surface area contributed by atoms with E-state index in [4.69, 9.17) is 29.5 Å². The van der Waals surface area contributed by atoms with Gasteiger partial charge in [-0.15, -0.1) is 0 Å². The molecule has 0 bridgehead atoms. The second kappa shape index (κ2) is 15.7. The minimum atomic E-state index is -5.08. The zero-order valence-electron chi connectivity index (χ0n) is 29.4. The number of hydrogen-bond donors (Lipinski definition) is 3. The number of hydrogen-bond acceptors (Lipinski definition) is 11. The lowest BCUT2D eigenvalue weighted by Gasteiger charge is -2.26. The number of alkyl halides is 3. The highest BCUT2D eigenvalue weighted by Crippen LogP contribution is 2.33. The second-order valence-electron chi connectivity index (χ2n) is 12.4. The zero-order valence-corrected chi connectivity index (χ0v) is 30.2. The molecular weight excluding hydrogens is 721 g/mol. The van der Waals surface area contributed by atoms with E-state index in [0.29, 0.717) is 45.9 Å². The Labute approximate surface area is 302 Å². The maximum absolute atomic E-state index is 13.5. The van der Waals surface area contributed by atoms with Crippen LogP contribution >= 0.6 is 0 Å². The number of halogens is 3. The van der Waals surface area contributed by atoms with Crippen molar-refractivity contribution in [1.29, 1.82) is 0 Å². The van der Waals surface area contributed by atoms with Gasteiger partial charge < -0.3 is 29.4 Å². The molecule has 19 heteroatoms. The SMILES string of the molecule is COc1ccc(N(C(=O)OC(C)(C)C)c2nc3cc(N(C)c4ccnc(Nc5ccc(CS(N)(=O)=O)cc5)n4)ccc3n2C)cc1.O=C(O)C(F)(F)F. The van der Waals surface area contributed by atoms with E-state index >= 15 is 0 Å². The Bertz CT molecular complexity index is 2190. The number of carboxylic acids is 1. The number of nitrogens with zero attached hydrogens (tertiary/aromatic N) is 6. The molecule has 0 radical (unpaired) electrons. The predicted molar refractivity (Wildman–Crippen MR) is 192 cm³/mol. The van der Waals surface area contributed by atoms with Crippen molar-refractivity contribution >= 4 is 67.9 Å². The first-order chi connectivity index (χ1) is 24.6. The number of carboxylic acid groups (broad SMARTS) is 1. The Morgan fingerprint density at radius 3 is 2.11 bits per heavy atom. The summed E-state index contributed by atoms with van der Waals surface area (Å²) in [5.41, 5.74) is 3.40. The van der Waals surface area contributed by atoms with Gasteiger partial charge in [0.15, 0.2) is 0 Å². The van der Waals surface area contributed by atoms with Crippen LogP contribution in [-0.2, 0) is 32.4 Å². The maximum Gasteiger partial charge on any atom is 0.490 e. The fraction of sp³-hybridized carbons (Fsp3) is 0.265. The van der Waals surface area contributed by atoms with Crippen molar-refractivity contribution in [3.05, 3.63) is 84.6 Å². The second-order valence-corrected chi connectivity index (χ2v) is 14.0. The molecule has 0 saturated carbocycles. The molecule has 0 aliphatic heterocycles. The first-order valence-electron chi connectivity index (χ1n) is 15.5. The molecule has 5 aromatic rings. The van der Waals surface area contributed by atoms with Crippen LogP contribution < -0.4 is 25.0 Å². The number of imidazole rings is 1. The Hall–Kier alpha value is -5.95. The van der Waals surface area contributed by atoms with Gasteiger partial charge in [-0.1, -0.05) is 12.1 Å². The third kappa shape index (κ3) is 10.8. The van der Waals surface area contributed by atoms with Crippen molar-refractivity contribution in [2.24, 2.45) is 12.2 Å². The Morgan fingerprint density at radius 1 is 0.962 bits per heavy atom. The number of nitrogens with one attached hydrogen (secondary N) is 1. The van der Waals surface area contributed by atoms with Crippen molar-refractivity contribution < 1.29 is 45.8 Å². The van der Waals surface area contributed by atoms with Crippen LogP contribution in [0.2, 0.25) is 0 Å². The molecule has 2 aromatic heterocycles. The number of amides is 1. The predicted octanol–water partition coefficient (Wildman–Crippen LogP) is 6.38. The fourth-order valence-electron chi connectivity index (χ4n) is 4.70. The lowest BCUT2D eigenvalue weighted by atomic mass is 10.2. The summed E-state index contributed by atoms with van der Waals surface area (Å²) < 4.78 is 67.4. The number of ether oxygens (including phenoxy) is 2. The quantitative estimate of drug-likeness (QED) is 0.150. The molecular formula is C34H37F3N8O7S. The number of nitrogens with two attached hydrogens (primary N) is 1. The van der Waals surface area contributed by atoms with E-state index in [0.717, 1.165) is 11.2 Å². The van der Waals surface area contributed by atoms with Gasteiger partial charge in [0.25, 0.3) is 0 Å². The van der Waals surface area contributed by atoms with Crippen molar-refractivity contribution in [3.8, 4) is 5.75 Å². The van der Waals surface area contributed by atoms with E-state index in [1.54, 1.807) is 67.9 Å². The number of methoxy groups -OCH3 is 1. The molecule has 0 saturated heterocycles. The standard InChI is InChI=1S/C32H36N8O5S.C2HF3O2/c1-32(2,3)45-31(41)40(23-11-14-25(44-6)15-12-23)30-36-26-19-24(13-16-27(26)39(30)5)38(4)28-17-18-34-29(37-28)35-22-9-7-21(8-10-22)20-46(33,42)43;3-2(4,5)1(6)7/h7-19H,20H2,1-6H3,(H2,33,42,43)(H,34,35,37);(H,6,7). The highest BCUT2D eigenvalue weighted by Gasteiger charge is 2.38. The zero-order chi connectivity index (χ0) is 39.3. The van der Waals surface area contributed by atoms with Gasteiger partial charge in [0.2, 0.25) is 21.9 Å². The molecule has 0 atom stereocenters. The lowest BCUT2D eigenvalue weighted by Crippen LogP contribution is -2.35. The van der Waals surface area contributed by atoms with Crippen LogP contribution in [0.4, 0.5) is 52.7 Å². The summed E-state index contributed by atoms with van der Waals surface area (Å²) in [5.74, 6) is -0.978. The maximum atomic E-state index is 13.5. The highest BCUT2D eigenvalue weighted by atomic mass is 32.2. The minimum Gasteiger partial charge on any atom is -0.497 e. The molecule has 4 N–H and O–H groups in total. The van der Waals surface area contributed by atoms with Crippen molar-refractivity contribution in [2.75, 3.05) is 29.3 Å². The van der Waals surface area contributed by atoms with Crippen molar-refractivity contribution in [1.82, 2.24) is 19.5 Å². The molecule has 0 spiro atoms. The van der Waals surface area contributed by atoms with Crippen LogP contribution in [0.25, 0.3) is 11.0 Å². The van der Waals surface area contributed by atoms with Gasteiger partial charge >= 0.3 is 18.2 Å². The molecule has 53 heavy (non-hydrogen) atoms. The number of carbonyl (C=O) groups is 2. The summed E-state index contributed by atoms with van der Waals surface area (Å²) >= 11 is 0. The Morgan fingerprint density at radius 2 is 1.57 bits per heavy atom. The number of benzene rings is 3. The molecule has 0 aliphatic rings. The molecule has 0 aliphatic carbocycles. The van der Waals surface area contributed by atoms with E-state index in [1.807, 2.05) is 62.5 Å².